The van der Waals surface area contributed by atoms with Crippen LogP contribution >= 0.6 is 0 Å². The maximum atomic E-state index is 14.8. The number of hydrogen-bond acceptors (Lipinski definition) is 8. The molecule has 1 aromatic heterocycles. The summed E-state index contributed by atoms with van der Waals surface area (Å²) in [5, 5.41) is 4.18. The van der Waals surface area contributed by atoms with E-state index in [4.69, 9.17) is 14.2 Å². The van der Waals surface area contributed by atoms with Crippen molar-refractivity contribution < 1.29 is 36.0 Å². The Hall–Kier alpha value is -2.54. The van der Waals surface area contributed by atoms with E-state index in [1.54, 1.807) is 18.5 Å². The fourth-order valence-corrected chi connectivity index (χ4v) is 4.33. The number of halogens is 1. The van der Waals surface area contributed by atoms with E-state index in [0.717, 1.165) is 31.9 Å². The molecule has 2 aliphatic heterocycles. The quantitative estimate of drug-likeness (QED) is 0.542. The Morgan fingerprint density at radius 2 is 2.16 bits per heavy atom. The highest BCUT2D eigenvalue weighted by molar-refractivity contribution is 7.86. The minimum atomic E-state index is -3.80. The molecule has 2 atom stereocenters. The molecule has 1 amide bonds. The molecular weight excluding hydrogens is 445 g/mol. The summed E-state index contributed by atoms with van der Waals surface area (Å²) in [5.41, 5.74) is 1.21. The molecule has 2 aliphatic rings. The highest BCUT2D eigenvalue weighted by atomic mass is 32.2. The third-order valence-electron chi connectivity index (χ3n) is 5.22. The summed E-state index contributed by atoms with van der Waals surface area (Å²) in [4.78, 5) is 13.3. The summed E-state index contributed by atoms with van der Waals surface area (Å²) in [6, 6.07) is 4.21. The Labute approximate surface area is 184 Å². The monoisotopic (exact) mass is 469 g/mol. The third kappa shape index (κ3) is 5.26. The van der Waals surface area contributed by atoms with Gasteiger partial charge < -0.3 is 14.2 Å². The number of benzene rings is 1. The predicted octanol–water partition coefficient (Wildman–Crippen LogP) is 2.36. The molecule has 0 saturated carbocycles. The number of nitrogens with zero attached hydrogens (tertiary/aromatic N) is 3. The molecule has 2 aromatic rings. The van der Waals surface area contributed by atoms with E-state index in [9.17, 15) is 17.6 Å². The van der Waals surface area contributed by atoms with Crippen molar-refractivity contribution in [3.05, 3.63) is 42.0 Å². The molecule has 10 nitrogen and oxygen atoms in total. The first-order chi connectivity index (χ1) is 15.3. The van der Waals surface area contributed by atoms with Crippen LogP contribution in [0.5, 0.6) is 0 Å². The number of aromatic nitrogens is 2. The van der Waals surface area contributed by atoms with Crippen molar-refractivity contribution in [2.24, 2.45) is 0 Å². The lowest BCUT2D eigenvalue weighted by atomic mass is 10.2. The number of anilines is 1. The average Bonchev–Trinajstić information content (AvgIpc) is 3.39. The molecule has 2 unspecified atom stereocenters. The van der Waals surface area contributed by atoms with Gasteiger partial charge in [-0.2, -0.15) is 13.5 Å². The van der Waals surface area contributed by atoms with Gasteiger partial charge in [-0.05, 0) is 37.5 Å². The molecule has 0 aliphatic carbocycles. The van der Waals surface area contributed by atoms with Crippen molar-refractivity contribution >= 4 is 21.9 Å². The predicted molar refractivity (Wildman–Crippen MR) is 110 cm³/mol. The third-order valence-corrected chi connectivity index (χ3v) is 6.51. The zero-order valence-electron chi connectivity index (χ0n) is 17.5. The van der Waals surface area contributed by atoms with Crippen LogP contribution in [0.4, 0.5) is 14.9 Å². The van der Waals surface area contributed by atoms with Crippen LogP contribution in [0.3, 0.4) is 0 Å². The molecule has 3 heterocycles. The summed E-state index contributed by atoms with van der Waals surface area (Å²) in [6.45, 7) is 0.956. The standard InChI is InChI=1S/C20H24FN3O7S/c1-28-32(26,27)13-16-11-23(20(25)31-16)15-5-6-18(17(21)8-15)24-10-14(9-22-24)12-30-19-4-2-3-7-29-19/h5-6,8-10,16,19H,2-4,7,11-13H2,1H3. The summed E-state index contributed by atoms with van der Waals surface area (Å²) < 4.78 is 60.1. The fraction of sp³-hybridized carbons (Fsp3) is 0.500. The molecule has 0 spiro atoms. The molecular formula is C20H24FN3O7S. The average molecular weight is 469 g/mol. The van der Waals surface area contributed by atoms with Crippen molar-refractivity contribution in [2.45, 2.75) is 38.3 Å². The summed E-state index contributed by atoms with van der Waals surface area (Å²) in [6.07, 6.45) is 4.32. The van der Waals surface area contributed by atoms with Gasteiger partial charge in [-0.25, -0.2) is 13.9 Å². The van der Waals surface area contributed by atoms with E-state index in [2.05, 4.69) is 9.28 Å². The lowest BCUT2D eigenvalue weighted by molar-refractivity contribution is -0.168. The van der Waals surface area contributed by atoms with E-state index in [0.29, 0.717) is 13.2 Å². The molecule has 2 fully saturated rings. The van der Waals surface area contributed by atoms with Gasteiger partial charge in [-0.3, -0.25) is 9.08 Å². The van der Waals surface area contributed by atoms with Gasteiger partial charge in [-0.1, -0.05) is 0 Å². The number of hydrogen-bond donors (Lipinski definition) is 0. The number of carbonyl (C=O) groups excluding carboxylic acids is 1. The molecule has 0 radical (unpaired) electrons. The Kier molecular flexibility index (Phi) is 6.74. The number of amides is 1. The largest absolute Gasteiger partial charge is 0.443 e. The van der Waals surface area contributed by atoms with Gasteiger partial charge >= 0.3 is 6.09 Å². The van der Waals surface area contributed by atoms with Crippen molar-refractivity contribution in [1.29, 1.82) is 0 Å². The second kappa shape index (κ2) is 9.53. The zero-order chi connectivity index (χ0) is 22.7. The second-order valence-corrected chi connectivity index (χ2v) is 9.33. The van der Waals surface area contributed by atoms with Crippen LogP contribution in [-0.4, -0.2) is 62.7 Å². The van der Waals surface area contributed by atoms with Crippen LogP contribution < -0.4 is 4.90 Å². The van der Waals surface area contributed by atoms with E-state index in [1.165, 1.54) is 21.7 Å². The molecule has 12 heteroatoms. The lowest BCUT2D eigenvalue weighted by Crippen LogP contribution is -2.28. The minimum absolute atomic E-state index is 0.0350. The first-order valence-corrected chi connectivity index (χ1v) is 11.8. The molecule has 2 saturated heterocycles. The van der Waals surface area contributed by atoms with Gasteiger partial charge in [0, 0.05) is 18.4 Å². The van der Waals surface area contributed by atoms with Gasteiger partial charge in [-0.15, -0.1) is 0 Å². The number of rotatable bonds is 8. The van der Waals surface area contributed by atoms with Gasteiger partial charge in [0.15, 0.2) is 12.1 Å². The normalized spacial score (nSPS) is 21.7. The Morgan fingerprint density at radius 1 is 1.31 bits per heavy atom. The Bertz CT molecular complexity index is 1070. The Balaban J connectivity index is 1.41. The zero-order valence-corrected chi connectivity index (χ0v) is 18.3. The van der Waals surface area contributed by atoms with Crippen LogP contribution in [0.1, 0.15) is 24.8 Å². The minimum Gasteiger partial charge on any atom is -0.443 e. The molecule has 0 N–H and O–H groups in total. The molecule has 174 valence electrons. The number of carbonyl (C=O) groups is 1. The first-order valence-electron chi connectivity index (χ1n) is 10.2. The van der Waals surface area contributed by atoms with Crippen LogP contribution in [0.15, 0.2) is 30.6 Å². The number of cyclic esters (lactones) is 1. The van der Waals surface area contributed by atoms with Crippen LogP contribution in [-0.2, 0) is 35.1 Å². The van der Waals surface area contributed by atoms with E-state index in [-0.39, 0.29) is 24.2 Å². The van der Waals surface area contributed by atoms with Crippen molar-refractivity contribution in [1.82, 2.24) is 9.78 Å². The summed E-state index contributed by atoms with van der Waals surface area (Å²) in [7, 11) is -2.76. The topological polar surface area (TPSA) is 109 Å². The van der Waals surface area contributed by atoms with Gasteiger partial charge in [0.1, 0.15) is 17.5 Å². The van der Waals surface area contributed by atoms with Crippen molar-refractivity contribution in [3.8, 4) is 5.69 Å². The van der Waals surface area contributed by atoms with Crippen LogP contribution in [0.25, 0.3) is 5.69 Å². The fourth-order valence-electron chi connectivity index (χ4n) is 3.56. The number of ether oxygens (including phenoxy) is 3. The molecule has 1 aromatic carbocycles. The maximum absolute atomic E-state index is 14.8. The van der Waals surface area contributed by atoms with Crippen molar-refractivity contribution in [3.63, 3.8) is 0 Å². The van der Waals surface area contributed by atoms with Gasteiger partial charge in [0.25, 0.3) is 10.1 Å². The highest BCUT2D eigenvalue weighted by Gasteiger charge is 2.35. The maximum Gasteiger partial charge on any atom is 0.414 e. The Morgan fingerprint density at radius 3 is 2.88 bits per heavy atom. The SMILES string of the molecule is COS(=O)(=O)CC1CN(c2ccc(-n3cc(COC4CCCCO4)cn3)c(F)c2)C(=O)O1. The molecule has 4 rings (SSSR count). The summed E-state index contributed by atoms with van der Waals surface area (Å²) >= 11 is 0. The van der Waals surface area contributed by atoms with Crippen molar-refractivity contribution in [2.75, 3.05) is 30.9 Å². The van der Waals surface area contributed by atoms with E-state index >= 15 is 0 Å². The smallest absolute Gasteiger partial charge is 0.414 e. The van der Waals surface area contributed by atoms with E-state index in [1.807, 2.05) is 0 Å². The van der Waals surface area contributed by atoms with Gasteiger partial charge in [0.2, 0.25) is 0 Å². The second-order valence-electron chi connectivity index (χ2n) is 7.54. The lowest BCUT2D eigenvalue weighted by Gasteiger charge is -2.22. The summed E-state index contributed by atoms with van der Waals surface area (Å²) in [5.74, 6) is -1.08. The van der Waals surface area contributed by atoms with Crippen LogP contribution in [0.2, 0.25) is 0 Å². The highest BCUT2D eigenvalue weighted by Crippen LogP contribution is 2.26. The first kappa shape index (κ1) is 22.6. The molecule has 0 bridgehead atoms. The van der Waals surface area contributed by atoms with E-state index < -0.39 is 33.9 Å². The molecule has 32 heavy (non-hydrogen) atoms. The van der Waals surface area contributed by atoms with Gasteiger partial charge in [0.05, 0.1) is 32.1 Å². The van der Waals surface area contributed by atoms with Crippen LogP contribution in [0, 0.1) is 5.82 Å².